The molecule has 3 atom stereocenters. The van der Waals surface area contributed by atoms with Gasteiger partial charge in [0.2, 0.25) is 11.8 Å². The van der Waals surface area contributed by atoms with Crippen LogP contribution in [0.25, 0.3) is 0 Å². The largest absolute Gasteiger partial charge is 0.391 e. The zero-order valence-corrected chi connectivity index (χ0v) is 11.8. The van der Waals surface area contributed by atoms with Crippen molar-refractivity contribution in [2.75, 3.05) is 19.6 Å². The molecule has 2 saturated heterocycles. The number of aliphatic hydroxyl groups is 1. The van der Waals surface area contributed by atoms with Gasteiger partial charge in [-0.2, -0.15) is 0 Å². The van der Waals surface area contributed by atoms with Gasteiger partial charge >= 0.3 is 0 Å². The molecule has 5 heteroatoms. The highest BCUT2D eigenvalue weighted by atomic mass is 16.3. The number of rotatable bonds is 3. The molecule has 2 heterocycles. The quantitative estimate of drug-likeness (QED) is 0.816. The Hall–Kier alpha value is -1.10. The molecular formula is C14H24N2O3. The van der Waals surface area contributed by atoms with E-state index in [-0.39, 0.29) is 23.8 Å². The lowest BCUT2D eigenvalue weighted by atomic mass is 9.95. The first-order valence-corrected chi connectivity index (χ1v) is 7.31. The lowest BCUT2D eigenvalue weighted by molar-refractivity contribution is -0.146. The fourth-order valence-electron chi connectivity index (χ4n) is 2.99. The Kier molecular flexibility index (Phi) is 4.45. The monoisotopic (exact) mass is 268 g/mol. The van der Waals surface area contributed by atoms with Crippen LogP contribution in [0.15, 0.2) is 0 Å². The highest BCUT2D eigenvalue weighted by molar-refractivity contribution is 5.88. The lowest BCUT2D eigenvalue weighted by Gasteiger charge is -2.38. The van der Waals surface area contributed by atoms with Crippen molar-refractivity contribution in [2.24, 2.45) is 5.92 Å². The maximum Gasteiger partial charge on any atom is 0.245 e. The molecule has 2 rings (SSSR count). The molecule has 0 aliphatic carbocycles. The number of β-amino-alcohol motifs (C(OH)–C–C–N with tert-alkyl or cyclic N) is 1. The predicted octanol–water partition coefficient (Wildman–Crippen LogP) is 0.617. The minimum absolute atomic E-state index is 0.00343. The summed E-state index contributed by atoms with van der Waals surface area (Å²) in [4.78, 5) is 27.8. The standard InChI is InChI=1S/C14H24N2O3/c1-3-11(16-7-4-5-13(16)18)14(19)15-8-6-10(2)12(17)9-15/h10-12,17H,3-9H2,1-2H3. The number of nitrogens with zero attached hydrogens (tertiary/aromatic N) is 2. The highest BCUT2D eigenvalue weighted by Crippen LogP contribution is 2.22. The molecule has 0 aromatic heterocycles. The van der Waals surface area contributed by atoms with E-state index in [9.17, 15) is 14.7 Å². The molecule has 2 amide bonds. The van der Waals surface area contributed by atoms with E-state index in [1.54, 1.807) is 9.80 Å². The maximum atomic E-state index is 12.5. The van der Waals surface area contributed by atoms with Crippen molar-refractivity contribution in [3.8, 4) is 0 Å². The topological polar surface area (TPSA) is 60.9 Å². The van der Waals surface area contributed by atoms with Gasteiger partial charge in [0.25, 0.3) is 0 Å². The summed E-state index contributed by atoms with van der Waals surface area (Å²) in [7, 11) is 0. The summed E-state index contributed by atoms with van der Waals surface area (Å²) in [6, 6.07) is -0.337. The van der Waals surface area contributed by atoms with E-state index in [4.69, 9.17) is 0 Å². The maximum absolute atomic E-state index is 12.5. The van der Waals surface area contributed by atoms with E-state index in [2.05, 4.69) is 0 Å². The van der Waals surface area contributed by atoms with Gasteiger partial charge in [-0.1, -0.05) is 13.8 Å². The number of carbonyl (C=O) groups is 2. The molecule has 3 unspecified atom stereocenters. The van der Waals surface area contributed by atoms with Crippen molar-refractivity contribution in [1.29, 1.82) is 0 Å². The summed E-state index contributed by atoms with van der Waals surface area (Å²) in [5.41, 5.74) is 0. The second-order valence-electron chi connectivity index (χ2n) is 5.73. The van der Waals surface area contributed by atoms with Crippen molar-refractivity contribution in [3.63, 3.8) is 0 Å². The third-order valence-corrected chi connectivity index (χ3v) is 4.39. The predicted molar refractivity (Wildman–Crippen MR) is 71.4 cm³/mol. The third-order valence-electron chi connectivity index (χ3n) is 4.39. The van der Waals surface area contributed by atoms with Gasteiger partial charge in [-0.05, 0) is 25.2 Å². The number of hydrogen-bond acceptors (Lipinski definition) is 3. The van der Waals surface area contributed by atoms with Gasteiger partial charge in [-0.3, -0.25) is 9.59 Å². The first-order valence-electron chi connectivity index (χ1n) is 7.31. The molecule has 108 valence electrons. The van der Waals surface area contributed by atoms with Gasteiger partial charge in [-0.25, -0.2) is 0 Å². The number of amides is 2. The van der Waals surface area contributed by atoms with Gasteiger partial charge in [0.15, 0.2) is 0 Å². The van der Waals surface area contributed by atoms with Crippen LogP contribution in [0.4, 0.5) is 0 Å². The van der Waals surface area contributed by atoms with Crippen LogP contribution in [0, 0.1) is 5.92 Å². The van der Waals surface area contributed by atoms with Crippen LogP contribution in [-0.4, -0.2) is 58.5 Å². The minimum Gasteiger partial charge on any atom is -0.391 e. The second-order valence-corrected chi connectivity index (χ2v) is 5.73. The average molecular weight is 268 g/mol. The van der Waals surface area contributed by atoms with Gasteiger partial charge in [0, 0.05) is 26.1 Å². The summed E-state index contributed by atoms with van der Waals surface area (Å²) in [5, 5.41) is 9.89. The Labute approximate surface area is 114 Å². The Morgan fingerprint density at radius 3 is 2.74 bits per heavy atom. The molecule has 0 radical (unpaired) electrons. The third kappa shape index (κ3) is 2.91. The Morgan fingerprint density at radius 1 is 1.47 bits per heavy atom. The number of piperidine rings is 1. The SMILES string of the molecule is CCC(C(=O)N1CCC(C)C(O)C1)N1CCCC1=O. The molecule has 19 heavy (non-hydrogen) atoms. The molecule has 0 aromatic rings. The van der Waals surface area contributed by atoms with Crippen LogP contribution in [0.5, 0.6) is 0 Å². The molecule has 0 aromatic carbocycles. The van der Waals surface area contributed by atoms with Gasteiger partial charge in [-0.15, -0.1) is 0 Å². The molecule has 5 nitrogen and oxygen atoms in total. The molecule has 1 N–H and O–H groups in total. The Bertz CT molecular complexity index is 359. The molecule has 2 fully saturated rings. The fraction of sp³-hybridized carbons (Fsp3) is 0.857. The lowest BCUT2D eigenvalue weighted by Crippen LogP contribution is -2.53. The molecule has 0 bridgehead atoms. The van der Waals surface area contributed by atoms with Crippen LogP contribution in [0.2, 0.25) is 0 Å². The summed E-state index contributed by atoms with van der Waals surface area (Å²) in [6.07, 6.45) is 2.44. The van der Waals surface area contributed by atoms with Crippen LogP contribution < -0.4 is 0 Å². The summed E-state index contributed by atoms with van der Waals surface area (Å²) in [5.74, 6) is 0.340. The van der Waals surface area contributed by atoms with E-state index in [0.717, 1.165) is 12.8 Å². The van der Waals surface area contributed by atoms with Crippen molar-refractivity contribution in [2.45, 2.75) is 51.7 Å². The molecular weight excluding hydrogens is 244 g/mol. The normalized spacial score (nSPS) is 29.7. The summed E-state index contributed by atoms with van der Waals surface area (Å²) in [6.45, 7) is 5.73. The van der Waals surface area contributed by atoms with E-state index in [1.165, 1.54) is 0 Å². The molecule has 2 aliphatic heterocycles. The second kappa shape index (κ2) is 5.90. The molecule has 2 aliphatic rings. The smallest absolute Gasteiger partial charge is 0.245 e. The molecule has 0 saturated carbocycles. The van der Waals surface area contributed by atoms with E-state index >= 15 is 0 Å². The zero-order valence-electron chi connectivity index (χ0n) is 11.8. The van der Waals surface area contributed by atoms with Crippen molar-refractivity contribution in [1.82, 2.24) is 9.80 Å². The number of carbonyl (C=O) groups excluding carboxylic acids is 2. The Morgan fingerprint density at radius 2 is 2.21 bits per heavy atom. The van der Waals surface area contributed by atoms with E-state index in [0.29, 0.717) is 32.5 Å². The van der Waals surface area contributed by atoms with Crippen LogP contribution in [0.1, 0.15) is 39.5 Å². The first kappa shape index (κ1) is 14.3. The van der Waals surface area contributed by atoms with E-state index in [1.807, 2.05) is 13.8 Å². The Balaban J connectivity index is 2.02. The highest BCUT2D eigenvalue weighted by Gasteiger charge is 2.36. The van der Waals surface area contributed by atoms with Gasteiger partial charge in [0.1, 0.15) is 6.04 Å². The number of aliphatic hydroxyl groups excluding tert-OH is 1. The zero-order chi connectivity index (χ0) is 14.0. The van der Waals surface area contributed by atoms with Crippen molar-refractivity contribution < 1.29 is 14.7 Å². The number of hydrogen-bond donors (Lipinski definition) is 1. The van der Waals surface area contributed by atoms with Crippen LogP contribution >= 0.6 is 0 Å². The van der Waals surface area contributed by atoms with Crippen molar-refractivity contribution >= 4 is 11.8 Å². The van der Waals surface area contributed by atoms with Gasteiger partial charge in [0.05, 0.1) is 6.10 Å². The number of likely N-dealkylation sites (tertiary alicyclic amines) is 2. The first-order chi connectivity index (χ1) is 9.04. The fourth-order valence-corrected chi connectivity index (χ4v) is 2.99. The van der Waals surface area contributed by atoms with Crippen molar-refractivity contribution in [3.05, 3.63) is 0 Å². The summed E-state index contributed by atoms with van der Waals surface area (Å²) < 4.78 is 0. The molecule has 0 spiro atoms. The van der Waals surface area contributed by atoms with Crippen LogP contribution in [-0.2, 0) is 9.59 Å². The van der Waals surface area contributed by atoms with Gasteiger partial charge < -0.3 is 14.9 Å². The minimum atomic E-state index is -0.440. The van der Waals surface area contributed by atoms with E-state index < -0.39 is 6.10 Å². The van der Waals surface area contributed by atoms with Crippen LogP contribution in [0.3, 0.4) is 0 Å². The summed E-state index contributed by atoms with van der Waals surface area (Å²) >= 11 is 0. The average Bonchev–Trinajstić information content (AvgIpc) is 2.80.